The van der Waals surface area contributed by atoms with E-state index < -0.39 is 4.92 Å². The molecule has 5 heteroatoms. The van der Waals surface area contributed by atoms with Crippen LogP contribution in [0, 0.1) is 10.1 Å². The Bertz CT molecular complexity index is 379. The number of ether oxygens (including phenoxy) is 1. The molecule has 0 heterocycles. The molecule has 0 aliphatic heterocycles. The average Bonchev–Trinajstić information content (AvgIpc) is 2.28. The fourth-order valence-corrected chi connectivity index (χ4v) is 1.56. The smallest absolute Gasteiger partial charge is 0.311 e. The quantitative estimate of drug-likeness (QED) is 0.615. The van der Waals surface area contributed by atoms with E-state index in [9.17, 15) is 10.1 Å². The number of hydrogen-bond donors (Lipinski definition) is 1. The van der Waals surface area contributed by atoms with Crippen molar-refractivity contribution < 1.29 is 9.66 Å². The average molecular weight is 224 g/mol. The Morgan fingerprint density at radius 1 is 1.56 bits per heavy atom. The molecule has 1 atom stereocenters. The number of nitrogens with zero attached hydrogens (tertiary/aromatic N) is 1. The second-order valence-corrected chi connectivity index (χ2v) is 3.58. The summed E-state index contributed by atoms with van der Waals surface area (Å²) in [7, 11) is 1.41. The van der Waals surface area contributed by atoms with E-state index in [1.54, 1.807) is 12.1 Å². The van der Waals surface area contributed by atoms with E-state index >= 15 is 0 Å². The molecule has 88 valence electrons. The molecule has 1 aromatic carbocycles. The van der Waals surface area contributed by atoms with Crippen molar-refractivity contribution in [1.82, 2.24) is 0 Å². The number of rotatable bonds is 5. The summed E-state index contributed by atoms with van der Waals surface area (Å²) in [4.78, 5) is 10.3. The fourth-order valence-electron chi connectivity index (χ4n) is 1.56. The van der Waals surface area contributed by atoms with Crippen molar-refractivity contribution in [2.75, 3.05) is 7.11 Å². The maximum Gasteiger partial charge on any atom is 0.311 e. The van der Waals surface area contributed by atoms with Gasteiger partial charge < -0.3 is 10.5 Å². The normalized spacial score (nSPS) is 12.2. The Labute approximate surface area is 94.4 Å². The van der Waals surface area contributed by atoms with Gasteiger partial charge in [-0.1, -0.05) is 19.4 Å². The molecule has 0 aliphatic carbocycles. The number of nitro groups is 1. The number of nitrogens with two attached hydrogens (primary N) is 1. The lowest BCUT2D eigenvalue weighted by Crippen LogP contribution is -2.10. The van der Waals surface area contributed by atoms with Crippen molar-refractivity contribution in [1.29, 1.82) is 0 Å². The van der Waals surface area contributed by atoms with Gasteiger partial charge in [0.2, 0.25) is 0 Å². The van der Waals surface area contributed by atoms with Gasteiger partial charge in [0.25, 0.3) is 0 Å². The lowest BCUT2D eigenvalue weighted by Gasteiger charge is -2.11. The monoisotopic (exact) mass is 224 g/mol. The number of benzene rings is 1. The highest BCUT2D eigenvalue weighted by atomic mass is 16.6. The predicted molar refractivity (Wildman–Crippen MR) is 61.5 cm³/mol. The molecule has 1 aromatic rings. The molecule has 0 saturated heterocycles. The van der Waals surface area contributed by atoms with Gasteiger partial charge in [-0.3, -0.25) is 10.1 Å². The molecular weight excluding hydrogens is 208 g/mol. The second kappa shape index (κ2) is 5.46. The third-order valence-electron chi connectivity index (χ3n) is 2.43. The first kappa shape index (κ1) is 12.4. The van der Waals surface area contributed by atoms with Gasteiger partial charge in [0, 0.05) is 12.1 Å². The Morgan fingerprint density at radius 2 is 2.25 bits per heavy atom. The Kier molecular flexibility index (Phi) is 4.25. The van der Waals surface area contributed by atoms with Gasteiger partial charge in [0.1, 0.15) is 0 Å². The minimum atomic E-state index is -0.457. The molecule has 0 unspecified atom stereocenters. The Balaban J connectivity index is 3.06. The van der Waals surface area contributed by atoms with Crippen molar-refractivity contribution in [3.8, 4) is 5.75 Å². The molecule has 0 radical (unpaired) electrons. The summed E-state index contributed by atoms with van der Waals surface area (Å²) in [6.07, 6.45) is 1.75. The fraction of sp³-hybridized carbons (Fsp3) is 0.455. The van der Waals surface area contributed by atoms with Crippen molar-refractivity contribution in [3.05, 3.63) is 33.9 Å². The molecule has 0 fully saturated rings. The van der Waals surface area contributed by atoms with Crippen LogP contribution in [-0.4, -0.2) is 12.0 Å². The highest BCUT2D eigenvalue weighted by Gasteiger charge is 2.17. The van der Waals surface area contributed by atoms with E-state index in [1.165, 1.54) is 13.2 Å². The van der Waals surface area contributed by atoms with Crippen LogP contribution in [0.15, 0.2) is 18.2 Å². The maximum atomic E-state index is 10.8. The largest absolute Gasteiger partial charge is 0.490 e. The van der Waals surface area contributed by atoms with Crippen molar-refractivity contribution >= 4 is 5.69 Å². The SMILES string of the molecule is CCC[C@H](N)c1ccc(OC)c([N+](=O)[O-])c1. The van der Waals surface area contributed by atoms with Crippen LogP contribution >= 0.6 is 0 Å². The van der Waals surface area contributed by atoms with Crippen LogP contribution in [-0.2, 0) is 0 Å². The zero-order valence-corrected chi connectivity index (χ0v) is 9.47. The third-order valence-corrected chi connectivity index (χ3v) is 2.43. The zero-order chi connectivity index (χ0) is 12.1. The minimum absolute atomic E-state index is 0.0356. The second-order valence-electron chi connectivity index (χ2n) is 3.58. The van der Waals surface area contributed by atoms with Crippen molar-refractivity contribution in [2.45, 2.75) is 25.8 Å². The van der Waals surface area contributed by atoms with Crippen LogP contribution in [0.5, 0.6) is 5.75 Å². The molecule has 0 aromatic heterocycles. The molecule has 2 N–H and O–H groups in total. The van der Waals surface area contributed by atoms with Gasteiger partial charge in [-0.15, -0.1) is 0 Å². The summed E-state index contributed by atoms with van der Waals surface area (Å²) in [5.74, 6) is 0.262. The van der Waals surface area contributed by atoms with E-state index in [-0.39, 0.29) is 17.5 Å². The van der Waals surface area contributed by atoms with E-state index in [2.05, 4.69) is 0 Å². The summed E-state index contributed by atoms with van der Waals surface area (Å²) in [6.45, 7) is 2.03. The van der Waals surface area contributed by atoms with Gasteiger partial charge in [-0.2, -0.15) is 0 Å². The zero-order valence-electron chi connectivity index (χ0n) is 9.47. The van der Waals surface area contributed by atoms with Crippen LogP contribution < -0.4 is 10.5 Å². The van der Waals surface area contributed by atoms with Crippen molar-refractivity contribution in [2.24, 2.45) is 5.73 Å². The van der Waals surface area contributed by atoms with Crippen molar-refractivity contribution in [3.63, 3.8) is 0 Å². The lowest BCUT2D eigenvalue weighted by molar-refractivity contribution is -0.385. The number of hydrogen-bond acceptors (Lipinski definition) is 4. The minimum Gasteiger partial charge on any atom is -0.490 e. The summed E-state index contributed by atoms with van der Waals surface area (Å²) in [5, 5.41) is 10.8. The molecule has 0 bridgehead atoms. The van der Waals surface area contributed by atoms with Gasteiger partial charge >= 0.3 is 5.69 Å². The van der Waals surface area contributed by atoms with Gasteiger partial charge in [0.05, 0.1) is 12.0 Å². The summed E-state index contributed by atoms with van der Waals surface area (Å²) in [5.41, 5.74) is 6.64. The predicted octanol–water partition coefficient (Wildman–Crippen LogP) is 2.40. The summed E-state index contributed by atoms with van der Waals surface area (Å²) in [6, 6.07) is 4.68. The van der Waals surface area contributed by atoms with Gasteiger partial charge in [-0.25, -0.2) is 0 Å². The molecule has 1 rings (SSSR count). The van der Waals surface area contributed by atoms with Crippen LogP contribution in [0.1, 0.15) is 31.4 Å². The molecule has 0 aliphatic rings. The first-order valence-electron chi connectivity index (χ1n) is 5.18. The van der Waals surface area contributed by atoms with Crippen LogP contribution in [0.4, 0.5) is 5.69 Å². The van der Waals surface area contributed by atoms with Crippen LogP contribution in [0.3, 0.4) is 0 Å². The first-order chi connectivity index (χ1) is 7.60. The highest BCUT2D eigenvalue weighted by Crippen LogP contribution is 2.30. The van der Waals surface area contributed by atoms with Crippen LogP contribution in [0.2, 0.25) is 0 Å². The number of nitro benzene ring substituents is 1. The van der Waals surface area contributed by atoms with Gasteiger partial charge in [0.15, 0.2) is 5.75 Å². The molecule has 0 amide bonds. The molecule has 0 spiro atoms. The molecule has 16 heavy (non-hydrogen) atoms. The van der Waals surface area contributed by atoms with Crippen LogP contribution in [0.25, 0.3) is 0 Å². The Hall–Kier alpha value is -1.62. The first-order valence-corrected chi connectivity index (χ1v) is 5.18. The topological polar surface area (TPSA) is 78.4 Å². The highest BCUT2D eigenvalue weighted by molar-refractivity contribution is 5.49. The Morgan fingerprint density at radius 3 is 2.75 bits per heavy atom. The van der Waals surface area contributed by atoms with Gasteiger partial charge in [-0.05, 0) is 18.1 Å². The third kappa shape index (κ3) is 2.70. The lowest BCUT2D eigenvalue weighted by atomic mass is 10.0. The van der Waals surface area contributed by atoms with E-state index in [1.807, 2.05) is 6.92 Å². The molecule has 0 saturated carbocycles. The van der Waals surface area contributed by atoms with E-state index in [0.29, 0.717) is 0 Å². The van der Waals surface area contributed by atoms with E-state index in [4.69, 9.17) is 10.5 Å². The summed E-state index contributed by atoms with van der Waals surface area (Å²) >= 11 is 0. The van der Waals surface area contributed by atoms with E-state index in [0.717, 1.165) is 18.4 Å². The molecular formula is C11H16N2O3. The maximum absolute atomic E-state index is 10.8. The summed E-state index contributed by atoms with van der Waals surface area (Å²) < 4.78 is 4.92. The molecule has 5 nitrogen and oxygen atoms in total. The standard InChI is InChI=1S/C11H16N2O3/c1-3-4-9(12)8-5-6-11(16-2)10(7-8)13(14)15/h5-7,9H,3-4,12H2,1-2H3/t9-/m0/s1. The number of methoxy groups -OCH3 is 1.